The van der Waals surface area contributed by atoms with E-state index in [4.69, 9.17) is 9.84 Å². The van der Waals surface area contributed by atoms with E-state index in [1.165, 1.54) is 6.07 Å². The second-order valence-corrected chi connectivity index (χ2v) is 5.17. The van der Waals surface area contributed by atoms with Crippen LogP contribution in [0.4, 0.5) is 4.39 Å². The van der Waals surface area contributed by atoms with Crippen molar-refractivity contribution in [3.63, 3.8) is 0 Å². The van der Waals surface area contributed by atoms with Gasteiger partial charge in [-0.15, -0.1) is 0 Å². The summed E-state index contributed by atoms with van der Waals surface area (Å²) in [7, 11) is 0. The number of ether oxygens (including phenoxy) is 1. The summed E-state index contributed by atoms with van der Waals surface area (Å²) in [5.74, 6) is -0.457. The van der Waals surface area contributed by atoms with E-state index < -0.39 is 5.82 Å². The monoisotopic (exact) mass is 294 g/mol. The van der Waals surface area contributed by atoms with Crippen LogP contribution in [0.2, 0.25) is 0 Å². The molecule has 21 heavy (non-hydrogen) atoms. The number of carbonyl (C=O) groups is 1. The van der Waals surface area contributed by atoms with E-state index in [1.54, 1.807) is 13.0 Å². The number of benzene rings is 1. The highest BCUT2D eigenvalue weighted by Gasteiger charge is 2.23. The summed E-state index contributed by atoms with van der Waals surface area (Å²) in [6.45, 7) is 3.91. The lowest BCUT2D eigenvalue weighted by atomic mass is 9.93. The molecule has 1 aromatic carbocycles. The van der Waals surface area contributed by atoms with E-state index in [2.05, 4.69) is 10.5 Å². The molecule has 0 aromatic heterocycles. The van der Waals surface area contributed by atoms with Crippen LogP contribution >= 0.6 is 0 Å². The van der Waals surface area contributed by atoms with Crippen LogP contribution in [0.15, 0.2) is 17.2 Å². The Kier molecular flexibility index (Phi) is 4.90. The Bertz CT molecular complexity index is 549. The number of aliphatic hydroxyl groups is 1. The van der Waals surface area contributed by atoms with Crippen molar-refractivity contribution in [2.75, 3.05) is 13.2 Å². The minimum absolute atomic E-state index is 0.00672. The Labute approximate surface area is 122 Å². The summed E-state index contributed by atoms with van der Waals surface area (Å²) >= 11 is 0. The van der Waals surface area contributed by atoms with Crippen LogP contribution in [0.1, 0.15) is 30.9 Å². The predicted molar refractivity (Wildman–Crippen MR) is 76.8 cm³/mol. The van der Waals surface area contributed by atoms with Crippen molar-refractivity contribution in [3.05, 3.63) is 29.1 Å². The SMILES string of the molecule is Cc1cc(C2=NNC(=O)CC2C)cc(F)c1OCCCO. The Morgan fingerprint density at radius 1 is 1.52 bits per heavy atom. The van der Waals surface area contributed by atoms with Gasteiger partial charge < -0.3 is 9.84 Å². The van der Waals surface area contributed by atoms with Crippen molar-refractivity contribution < 1.29 is 19.0 Å². The number of carbonyl (C=O) groups excluding carboxylic acids is 1. The Hall–Kier alpha value is -1.95. The van der Waals surface area contributed by atoms with Gasteiger partial charge in [0.1, 0.15) is 0 Å². The minimum atomic E-state index is -0.463. The molecule has 1 aliphatic heterocycles. The second-order valence-electron chi connectivity index (χ2n) is 5.17. The number of halogens is 1. The van der Waals surface area contributed by atoms with E-state index in [0.717, 1.165) is 0 Å². The molecule has 5 nitrogen and oxygen atoms in total. The molecule has 0 aliphatic carbocycles. The van der Waals surface area contributed by atoms with E-state index in [-0.39, 0.29) is 30.8 Å². The Morgan fingerprint density at radius 2 is 2.29 bits per heavy atom. The molecule has 1 amide bonds. The smallest absolute Gasteiger partial charge is 0.240 e. The number of aliphatic hydroxyl groups excluding tert-OH is 1. The van der Waals surface area contributed by atoms with Gasteiger partial charge in [0.15, 0.2) is 11.6 Å². The largest absolute Gasteiger partial charge is 0.490 e. The molecule has 6 heteroatoms. The first-order valence-electron chi connectivity index (χ1n) is 6.93. The highest BCUT2D eigenvalue weighted by atomic mass is 19.1. The summed E-state index contributed by atoms with van der Waals surface area (Å²) < 4.78 is 19.5. The Morgan fingerprint density at radius 3 is 2.90 bits per heavy atom. The van der Waals surface area contributed by atoms with Crippen molar-refractivity contribution >= 4 is 11.6 Å². The van der Waals surface area contributed by atoms with Gasteiger partial charge in [-0.25, -0.2) is 9.82 Å². The lowest BCUT2D eigenvalue weighted by Crippen LogP contribution is -2.32. The normalized spacial score (nSPS) is 18.2. The highest BCUT2D eigenvalue weighted by Crippen LogP contribution is 2.27. The number of rotatable bonds is 5. The molecule has 1 unspecified atom stereocenters. The molecule has 0 fully saturated rings. The van der Waals surface area contributed by atoms with E-state index in [1.807, 2.05) is 6.92 Å². The molecular weight excluding hydrogens is 275 g/mol. The van der Waals surface area contributed by atoms with Crippen LogP contribution in [0.25, 0.3) is 0 Å². The Balaban J connectivity index is 2.25. The topological polar surface area (TPSA) is 70.9 Å². The fourth-order valence-electron chi connectivity index (χ4n) is 2.30. The fourth-order valence-corrected chi connectivity index (χ4v) is 2.30. The van der Waals surface area contributed by atoms with Crippen molar-refractivity contribution in [1.82, 2.24) is 5.43 Å². The first-order valence-corrected chi connectivity index (χ1v) is 6.93. The van der Waals surface area contributed by atoms with Gasteiger partial charge in [0, 0.05) is 30.9 Å². The highest BCUT2D eigenvalue weighted by molar-refractivity contribution is 6.05. The molecule has 1 atom stereocenters. The van der Waals surface area contributed by atoms with Gasteiger partial charge in [-0.3, -0.25) is 4.79 Å². The number of hydrazone groups is 1. The zero-order chi connectivity index (χ0) is 15.4. The van der Waals surface area contributed by atoms with Crippen molar-refractivity contribution in [1.29, 1.82) is 0 Å². The van der Waals surface area contributed by atoms with Crippen molar-refractivity contribution in [2.45, 2.75) is 26.7 Å². The third kappa shape index (κ3) is 3.58. The molecule has 0 spiro atoms. The molecule has 2 N–H and O–H groups in total. The molecule has 0 saturated carbocycles. The maximum atomic E-state index is 14.2. The van der Waals surface area contributed by atoms with Gasteiger partial charge in [0.05, 0.1) is 12.3 Å². The first kappa shape index (κ1) is 15.4. The lowest BCUT2D eigenvalue weighted by molar-refractivity contribution is -0.121. The zero-order valence-electron chi connectivity index (χ0n) is 12.1. The summed E-state index contributed by atoms with van der Waals surface area (Å²) in [5, 5.41) is 12.7. The third-order valence-corrected chi connectivity index (χ3v) is 3.33. The molecule has 1 aliphatic rings. The van der Waals surface area contributed by atoms with Crippen LogP contribution in [0.3, 0.4) is 0 Å². The molecule has 0 saturated heterocycles. The van der Waals surface area contributed by atoms with Gasteiger partial charge in [-0.1, -0.05) is 6.92 Å². The van der Waals surface area contributed by atoms with Gasteiger partial charge in [-0.2, -0.15) is 5.10 Å². The van der Waals surface area contributed by atoms with Crippen LogP contribution in [-0.2, 0) is 4.79 Å². The fraction of sp³-hybridized carbons (Fsp3) is 0.467. The van der Waals surface area contributed by atoms with Crippen LogP contribution < -0.4 is 10.2 Å². The minimum Gasteiger partial charge on any atom is -0.490 e. The molecule has 1 heterocycles. The molecule has 2 rings (SSSR count). The summed E-state index contributed by atoms with van der Waals surface area (Å²) in [6.07, 6.45) is 0.796. The van der Waals surface area contributed by atoms with Crippen molar-refractivity contribution in [2.24, 2.45) is 11.0 Å². The first-order chi connectivity index (χ1) is 10.0. The lowest BCUT2D eigenvalue weighted by Gasteiger charge is -2.20. The second kappa shape index (κ2) is 6.67. The van der Waals surface area contributed by atoms with Crippen LogP contribution in [0.5, 0.6) is 5.75 Å². The molecule has 1 aromatic rings. The number of hydrogen-bond donors (Lipinski definition) is 2. The molecular formula is C15H19FN2O3. The summed E-state index contributed by atoms with van der Waals surface area (Å²) in [5.41, 5.74) is 4.40. The molecule has 0 bridgehead atoms. The number of nitrogens with one attached hydrogen (secondary N) is 1. The van der Waals surface area contributed by atoms with Gasteiger partial charge in [0.25, 0.3) is 0 Å². The summed E-state index contributed by atoms with van der Waals surface area (Å²) in [6, 6.07) is 3.16. The summed E-state index contributed by atoms with van der Waals surface area (Å²) in [4.78, 5) is 11.3. The maximum absolute atomic E-state index is 14.2. The average Bonchev–Trinajstić information content (AvgIpc) is 2.41. The molecule has 0 radical (unpaired) electrons. The number of amides is 1. The van der Waals surface area contributed by atoms with E-state index in [0.29, 0.717) is 29.7 Å². The number of hydrogen-bond acceptors (Lipinski definition) is 4. The van der Waals surface area contributed by atoms with Crippen LogP contribution in [-0.4, -0.2) is 29.9 Å². The average molecular weight is 294 g/mol. The zero-order valence-corrected chi connectivity index (χ0v) is 12.1. The van der Waals surface area contributed by atoms with Crippen molar-refractivity contribution in [3.8, 4) is 5.75 Å². The standard InChI is InChI=1S/C15H19FN2O3/c1-9-7-13(20)17-18-14(9)11-6-10(2)15(12(16)8-11)21-5-3-4-19/h6,8-9,19H,3-5,7H2,1-2H3,(H,17,20). The van der Waals surface area contributed by atoms with Gasteiger partial charge >= 0.3 is 0 Å². The quantitative estimate of drug-likeness (QED) is 0.813. The van der Waals surface area contributed by atoms with Gasteiger partial charge in [-0.05, 0) is 24.6 Å². The number of aryl methyl sites for hydroxylation is 1. The van der Waals surface area contributed by atoms with E-state index >= 15 is 0 Å². The third-order valence-electron chi connectivity index (χ3n) is 3.33. The van der Waals surface area contributed by atoms with E-state index in [9.17, 15) is 9.18 Å². The molecule has 114 valence electrons. The number of nitrogens with zero attached hydrogens (tertiary/aromatic N) is 1. The maximum Gasteiger partial charge on any atom is 0.240 e. The predicted octanol–water partition coefficient (Wildman–Crippen LogP) is 1.76. The van der Waals surface area contributed by atoms with Crippen LogP contribution in [0, 0.1) is 18.7 Å². The van der Waals surface area contributed by atoms with Gasteiger partial charge in [0.2, 0.25) is 5.91 Å².